The molecule has 1 aromatic heterocycles. The zero-order valence-electron chi connectivity index (χ0n) is 12.6. The Morgan fingerprint density at radius 1 is 1.09 bits per heavy atom. The van der Waals surface area contributed by atoms with Gasteiger partial charge < -0.3 is 9.64 Å². The molecule has 1 saturated heterocycles. The van der Waals surface area contributed by atoms with E-state index in [1.165, 1.54) is 5.56 Å². The van der Waals surface area contributed by atoms with Crippen LogP contribution in [0.5, 0.6) is 0 Å². The number of hydrogen-bond donors (Lipinski definition) is 0. The molecule has 0 N–H and O–H groups in total. The summed E-state index contributed by atoms with van der Waals surface area (Å²) in [5.41, 5.74) is 1.35. The van der Waals surface area contributed by atoms with Gasteiger partial charge in [0.05, 0.1) is 12.7 Å². The summed E-state index contributed by atoms with van der Waals surface area (Å²) in [4.78, 5) is 6.80. The van der Waals surface area contributed by atoms with Crippen LogP contribution in [0.15, 0.2) is 53.1 Å². The number of anilines is 1. The molecule has 1 aromatic carbocycles. The molecule has 3 nitrogen and oxygen atoms in total. The maximum absolute atomic E-state index is 6.04. The van der Waals surface area contributed by atoms with Gasteiger partial charge in [0, 0.05) is 23.8 Å². The molecule has 2 heterocycles. The number of benzene rings is 1. The van der Waals surface area contributed by atoms with E-state index in [2.05, 4.69) is 62.2 Å². The Bertz CT molecular complexity index is 565. The summed E-state index contributed by atoms with van der Waals surface area (Å²) < 4.78 is 7.06. The third-order valence-corrected chi connectivity index (χ3v) is 4.53. The summed E-state index contributed by atoms with van der Waals surface area (Å²) in [6.45, 7) is 2.85. The fourth-order valence-electron chi connectivity index (χ4n) is 2.79. The summed E-state index contributed by atoms with van der Waals surface area (Å²) in [6, 6.07) is 14.6. The Morgan fingerprint density at radius 2 is 1.86 bits per heavy atom. The second-order valence-electron chi connectivity index (χ2n) is 5.63. The molecule has 116 valence electrons. The van der Waals surface area contributed by atoms with Crippen molar-refractivity contribution >= 4 is 21.7 Å². The maximum atomic E-state index is 6.04. The normalized spacial score (nSPS) is 16.0. The Balaban J connectivity index is 1.41. The minimum absolute atomic E-state index is 0.385. The summed E-state index contributed by atoms with van der Waals surface area (Å²) in [5, 5.41) is 0. The van der Waals surface area contributed by atoms with Gasteiger partial charge in [0.1, 0.15) is 5.82 Å². The van der Waals surface area contributed by atoms with E-state index < -0.39 is 0 Å². The van der Waals surface area contributed by atoms with Gasteiger partial charge in [-0.15, -0.1) is 0 Å². The minimum Gasteiger partial charge on any atom is -0.378 e. The van der Waals surface area contributed by atoms with Crippen LogP contribution < -0.4 is 4.90 Å². The number of piperidine rings is 1. The van der Waals surface area contributed by atoms with E-state index in [0.29, 0.717) is 6.10 Å². The van der Waals surface area contributed by atoms with E-state index >= 15 is 0 Å². The van der Waals surface area contributed by atoms with Gasteiger partial charge in [-0.05, 0) is 52.9 Å². The largest absolute Gasteiger partial charge is 0.378 e. The number of hydrogen-bond acceptors (Lipinski definition) is 3. The van der Waals surface area contributed by atoms with Gasteiger partial charge in [-0.3, -0.25) is 0 Å². The maximum Gasteiger partial charge on any atom is 0.128 e. The van der Waals surface area contributed by atoms with Crippen LogP contribution in [0.3, 0.4) is 0 Å². The van der Waals surface area contributed by atoms with Crippen LogP contribution in [0.25, 0.3) is 0 Å². The topological polar surface area (TPSA) is 25.4 Å². The van der Waals surface area contributed by atoms with Crippen molar-refractivity contribution in [1.82, 2.24) is 4.98 Å². The first-order valence-electron chi connectivity index (χ1n) is 7.83. The smallest absolute Gasteiger partial charge is 0.128 e. The number of nitrogens with zero attached hydrogens (tertiary/aromatic N) is 2. The number of aromatic nitrogens is 1. The molecular formula is C18H21BrN2O. The zero-order chi connectivity index (χ0) is 15.2. The minimum atomic E-state index is 0.385. The third-order valence-electron chi connectivity index (χ3n) is 4.06. The van der Waals surface area contributed by atoms with Crippen molar-refractivity contribution in [2.45, 2.75) is 25.4 Å². The first-order valence-corrected chi connectivity index (χ1v) is 8.62. The molecule has 0 aliphatic carbocycles. The van der Waals surface area contributed by atoms with E-state index in [-0.39, 0.29) is 0 Å². The summed E-state index contributed by atoms with van der Waals surface area (Å²) in [7, 11) is 0. The molecule has 0 atom stereocenters. The molecule has 0 unspecified atom stereocenters. The molecule has 22 heavy (non-hydrogen) atoms. The zero-order valence-corrected chi connectivity index (χ0v) is 14.2. The van der Waals surface area contributed by atoms with Gasteiger partial charge in [-0.2, -0.15) is 0 Å². The lowest BCUT2D eigenvalue weighted by molar-refractivity contribution is 0.0390. The van der Waals surface area contributed by atoms with Crippen LogP contribution in [0, 0.1) is 0 Å². The fourth-order valence-corrected chi connectivity index (χ4v) is 3.03. The van der Waals surface area contributed by atoms with Crippen molar-refractivity contribution in [2.24, 2.45) is 0 Å². The number of halogens is 1. The first-order chi connectivity index (χ1) is 10.8. The second-order valence-corrected chi connectivity index (χ2v) is 6.54. The average molecular weight is 361 g/mol. The molecule has 0 spiro atoms. The highest BCUT2D eigenvalue weighted by Gasteiger charge is 2.20. The fraction of sp³-hybridized carbons (Fsp3) is 0.389. The molecule has 2 aromatic rings. The quantitative estimate of drug-likeness (QED) is 0.803. The molecule has 0 radical (unpaired) electrons. The van der Waals surface area contributed by atoms with Crippen LogP contribution in [-0.4, -0.2) is 30.8 Å². The van der Waals surface area contributed by atoms with Crippen molar-refractivity contribution in [1.29, 1.82) is 0 Å². The highest BCUT2D eigenvalue weighted by molar-refractivity contribution is 9.10. The SMILES string of the molecule is Brc1ccc(N2CCC(OCCc3ccccc3)CC2)nc1. The lowest BCUT2D eigenvalue weighted by Gasteiger charge is -2.32. The van der Waals surface area contributed by atoms with Crippen molar-refractivity contribution in [3.63, 3.8) is 0 Å². The van der Waals surface area contributed by atoms with E-state index in [1.54, 1.807) is 0 Å². The van der Waals surface area contributed by atoms with Gasteiger partial charge >= 0.3 is 0 Å². The van der Waals surface area contributed by atoms with Gasteiger partial charge in [0.15, 0.2) is 0 Å². The van der Waals surface area contributed by atoms with E-state index in [0.717, 1.165) is 49.2 Å². The predicted octanol–water partition coefficient (Wildman–Crippen LogP) is 4.07. The average Bonchev–Trinajstić information content (AvgIpc) is 2.57. The molecule has 1 aliphatic heterocycles. The van der Waals surface area contributed by atoms with Gasteiger partial charge in [-0.1, -0.05) is 30.3 Å². The van der Waals surface area contributed by atoms with E-state index in [4.69, 9.17) is 4.74 Å². The summed E-state index contributed by atoms with van der Waals surface area (Å²) >= 11 is 3.43. The molecule has 0 bridgehead atoms. The molecule has 3 rings (SSSR count). The molecule has 1 aliphatic rings. The van der Waals surface area contributed by atoms with Crippen molar-refractivity contribution in [3.8, 4) is 0 Å². The summed E-state index contributed by atoms with van der Waals surface area (Å²) in [6.07, 6.45) is 5.39. The number of pyridine rings is 1. The Labute approximate surface area is 140 Å². The highest BCUT2D eigenvalue weighted by atomic mass is 79.9. The van der Waals surface area contributed by atoms with Crippen molar-refractivity contribution in [2.75, 3.05) is 24.6 Å². The van der Waals surface area contributed by atoms with Gasteiger partial charge in [-0.25, -0.2) is 4.98 Å². The molecular weight excluding hydrogens is 340 g/mol. The Morgan fingerprint density at radius 3 is 2.55 bits per heavy atom. The molecule has 0 amide bonds. The van der Waals surface area contributed by atoms with Crippen LogP contribution >= 0.6 is 15.9 Å². The van der Waals surface area contributed by atoms with Crippen LogP contribution in [0.1, 0.15) is 18.4 Å². The van der Waals surface area contributed by atoms with Gasteiger partial charge in [0.25, 0.3) is 0 Å². The lowest BCUT2D eigenvalue weighted by atomic mass is 10.1. The number of ether oxygens (including phenoxy) is 1. The Kier molecular flexibility index (Phi) is 5.46. The van der Waals surface area contributed by atoms with Crippen LogP contribution in [-0.2, 0) is 11.2 Å². The van der Waals surface area contributed by atoms with E-state index in [9.17, 15) is 0 Å². The Hall–Kier alpha value is -1.39. The highest BCUT2D eigenvalue weighted by Crippen LogP contribution is 2.21. The van der Waals surface area contributed by atoms with Crippen LogP contribution in [0.2, 0.25) is 0 Å². The van der Waals surface area contributed by atoms with Crippen molar-refractivity contribution in [3.05, 3.63) is 58.7 Å². The van der Waals surface area contributed by atoms with Crippen molar-refractivity contribution < 1.29 is 4.74 Å². The predicted molar refractivity (Wildman–Crippen MR) is 93.3 cm³/mol. The van der Waals surface area contributed by atoms with Crippen LogP contribution in [0.4, 0.5) is 5.82 Å². The third kappa shape index (κ3) is 4.31. The van der Waals surface area contributed by atoms with Gasteiger partial charge in [0.2, 0.25) is 0 Å². The molecule has 1 fully saturated rings. The van der Waals surface area contributed by atoms with E-state index in [1.807, 2.05) is 12.3 Å². The summed E-state index contributed by atoms with van der Waals surface area (Å²) in [5.74, 6) is 1.06. The first kappa shape index (κ1) is 15.5. The molecule has 0 saturated carbocycles. The standard InChI is InChI=1S/C18H21BrN2O/c19-16-6-7-18(20-14-16)21-11-8-17(9-12-21)22-13-10-15-4-2-1-3-5-15/h1-7,14,17H,8-13H2. The number of rotatable bonds is 5. The monoisotopic (exact) mass is 360 g/mol. The molecule has 4 heteroatoms. The lowest BCUT2D eigenvalue weighted by Crippen LogP contribution is -2.37. The second kappa shape index (κ2) is 7.75.